The SMILES string of the molecule is C[C@H](N=Cc1cc([N+](=O)[O-])ccc1O)c1cccs1. The summed E-state index contributed by atoms with van der Waals surface area (Å²) in [6.45, 7) is 1.93. The molecule has 1 aromatic carbocycles. The Morgan fingerprint density at radius 1 is 1.47 bits per heavy atom. The lowest BCUT2D eigenvalue weighted by Crippen LogP contribution is -1.92. The number of phenols is 1. The Hall–Kier alpha value is -2.21. The van der Waals surface area contributed by atoms with E-state index in [4.69, 9.17) is 0 Å². The van der Waals surface area contributed by atoms with Crippen LogP contribution in [0.5, 0.6) is 5.75 Å². The van der Waals surface area contributed by atoms with Gasteiger partial charge < -0.3 is 5.11 Å². The normalized spacial score (nSPS) is 12.7. The molecule has 2 aromatic rings. The largest absolute Gasteiger partial charge is 0.507 e. The lowest BCUT2D eigenvalue weighted by molar-refractivity contribution is -0.384. The highest BCUT2D eigenvalue weighted by atomic mass is 32.1. The second kappa shape index (κ2) is 5.62. The second-order valence-corrected chi connectivity index (χ2v) is 4.95. The number of aromatic hydroxyl groups is 1. The molecule has 19 heavy (non-hydrogen) atoms. The van der Waals surface area contributed by atoms with E-state index >= 15 is 0 Å². The van der Waals surface area contributed by atoms with Gasteiger partial charge >= 0.3 is 0 Å². The molecule has 0 radical (unpaired) electrons. The molecule has 6 heteroatoms. The number of non-ortho nitro benzene ring substituents is 1. The minimum absolute atomic E-state index is 0.0206. The Morgan fingerprint density at radius 2 is 2.26 bits per heavy atom. The van der Waals surface area contributed by atoms with E-state index in [1.54, 1.807) is 11.3 Å². The molecule has 0 saturated heterocycles. The summed E-state index contributed by atoms with van der Waals surface area (Å²) in [6.07, 6.45) is 1.46. The number of thiophene rings is 1. The molecular weight excluding hydrogens is 264 g/mol. The summed E-state index contributed by atoms with van der Waals surface area (Å²) in [5.74, 6) is -0.0206. The van der Waals surface area contributed by atoms with E-state index in [9.17, 15) is 15.2 Å². The van der Waals surface area contributed by atoms with Gasteiger partial charge in [-0.1, -0.05) is 6.07 Å². The molecule has 2 rings (SSSR count). The Labute approximate surface area is 114 Å². The highest BCUT2D eigenvalue weighted by Crippen LogP contribution is 2.24. The van der Waals surface area contributed by atoms with Gasteiger partial charge in [-0.15, -0.1) is 11.3 Å². The zero-order valence-electron chi connectivity index (χ0n) is 10.2. The molecule has 0 saturated carbocycles. The Bertz CT molecular complexity index is 608. The van der Waals surface area contributed by atoms with Crippen LogP contribution in [0.15, 0.2) is 40.7 Å². The van der Waals surface area contributed by atoms with Gasteiger partial charge in [0.05, 0.1) is 11.0 Å². The average Bonchev–Trinajstić information content (AvgIpc) is 2.91. The van der Waals surface area contributed by atoms with Crippen molar-refractivity contribution in [3.8, 4) is 5.75 Å². The molecule has 98 valence electrons. The maximum Gasteiger partial charge on any atom is 0.270 e. The van der Waals surface area contributed by atoms with Gasteiger partial charge in [-0.3, -0.25) is 15.1 Å². The number of nitro benzene ring substituents is 1. The number of rotatable bonds is 4. The molecule has 1 aromatic heterocycles. The fourth-order valence-corrected chi connectivity index (χ4v) is 2.28. The van der Waals surface area contributed by atoms with E-state index in [2.05, 4.69) is 4.99 Å². The summed E-state index contributed by atoms with van der Waals surface area (Å²) in [5, 5.41) is 22.3. The maximum atomic E-state index is 10.7. The number of nitro groups is 1. The lowest BCUT2D eigenvalue weighted by Gasteiger charge is -2.03. The van der Waals surface area contributed by atoms with E-state index in [1.165, 1.54) is 24.4 Å². The molecule has 0 aliphatic heterocycles. The van der Waals surface area contributed by atoms with Crippen LogP contribution >= 0.6 is 11.3 Å². The van der Waals surface area contributed by atoms with Crippen LogP contribution in [0.1, 0.15) is 23.4 Å². The van der Waals surface area contributed by atoms with Crippen LogP contribution in [-0.4, -0.2) is 16.2 Å². The average molecular weight is 276 g/mol. The molecule has 0 aliphatic carbocycles. The predicted molar refractivity (Wildman–Crippen MR) is 75.1 cm³/mol. The number of hydrogen-bond acceptors (Lipinski definition) is 5. The van der Waals surface area contributed by atoms with Gasteiger partial charge in [0, 0.05) is 28.8 Å². The van der Waals surface area contributed by atoms with Crippen molar-refractivity contribution in [3.63, 3.8) is 0 Å². The number of nitrogens with zero attached hydrogens (tertiary/aromatic N) is 2. The summed E-state index contributed by atoms with van der Waals surface area (Å²) in [7, 11) is 0. The van der Waals surface area contributed by atoms with E-state index in [1.807, 2.05) is 24.4 Å². The third kappa shape index (κ3) is 3.17. The topological polar surface area (TPSA) is 75.7 Å². The minimum atomic E-state index is -0.501. The van der Waals surface area contributed by atoms with Crippen molar-refractivity contribution in [2.24, 2.45) is 4.99 Å². The van der Waals surface area contributed by atoms with Crippen molar-refractivity contribution in [2.75, 3.05) is 0 Å². The van der Waals surface area contributed by atoms with Crippen molar-refractivity contribution < 1.29 is 10.0 Å². The van der Waals surface area contributed by atoms with Crippen LogP contribution in [0.2, 0.25) is 0 Å². The van der Waals surface area contributed by atoms with Gasteiger partial charge in [0.2, 0.25) is 0 Å². The molecule has 0 spiro atoms. The van der Waals surface area contributed by atoms with Crippen molar-refractivity contribution in [1.82, 2.24) is 0 Å². The number of aliphatic imine (C=N–C) groups is 1. The van der Waals surface area contributed by atoms with Crippen molar-refractivity contribution in [1.29, 1.82) is 0 Å². The van der Waals surface area contributed by atoms with Crippen molar-refractivity contribution >= 4 is 23.2 Å². The van der Waals surface area contributed by atoms with Gasteiger partial charge in [0.25, 0.3) is 5.69 Å². The first-order valence-electron chi connectivity index (χ1n) is 5.62. The van der Waals surface area contributed by atoms with Crippen LogP contribution in [0, 0.1) is 10.1 Å². The molecule has 5 nitrogen and oxygen atoms in total. The third-order valence-corrected chi connectivity index (χ3v) is 3.66. The van der Waals surface area contributed by atoms with Gasteiger partial charge in [-0.25, -0.2) is 0 Å². The monoisotopic (exact) mass is 276 g/mol. The predicted octanol–water partition coefficient (Wildman–Crippen LogP) is 3.54. The smallest absolute Gasteiger partial charge is 0.270 e. The van der Waals surface area contributed by atoms with Gasteiger partial charge in [-0.2, -0.15) is 0 Å². The van der Waals surface area contributed by atoms with Gasteiger partial charge in [0.15, 0.2) is 0 Å². The van der Waals surface area contributed by atoms with Crippen LogP contribution in [-0.2, 0) is 0 Å². The second-order valence-electron chi connectivity index (χ2n) is 3.97. The fraction of sp³-hybridized carbons (Fsp3) is 0.154. The van der Waals surface area contributed by atoms with E-state index in [0.29, 0.717) is 5.56 Å². The van der Waals surface area contributed by atoms with E-state index in [-0.39, 0.29) is 17.5 Å². The van der Waals surface area contributed by atoms with Crippen LogP contribution in [0.25, 0.3) is 0 Å². The minimum Gasteiger partial charge on any atom is -0.507 e. The third-order valence-electron chi connectivity index (χ3n) is 2.61. The molecule has 0 aliphatic rings. The Kier molecular flexibility index (Phi) is 3.91. The number of benzene rings is 1. The van der Waals surface area contributed by atoms with Crippen LogP contribution in [0.3, 0.4) is 0 Å². The highest BCUT2D eigenvalue weighted by Gasteiger charge is 2.09. The lowest BCUT2D eigenvalue weighted by atomic mass is 10.2. The molecule has 0 bridgehead atoms. The molecule has 1 N–H and O–H groups in total. The van der Waals surface area contributed by atoms with Crippen molar-refractivity contribution in [2.45, 2.75) is 13.0 Å². The van der Waals surface area contributed by atoms with Gasteiger partial charge in [-0.05, 0) is 24.4 Å². The first-order valence-corrected chi connectivity index (χ1v) is 6.50. The molecule has 1 atom stereocenters. The highest BCUT2D eigenvalue weighted by molar-refractivity contribution is 7.10. The molecule has 0 amide bonds. The quantitative estimate of drug-likeness (QED) is 0.527. The Balaban J connectivity index is 2.23. The van der Waals surface area contributed by atoms with Crippen LogP contribution in [0.4, 0.5) is 5.69 Å². The summed E-state index contributed by atoms with van der Waals surface area (Å²) in [6, 6.07) is 7.74. The van der Waals surface area contributed by atoms with E-state index < -0.39 is 4.92 Å². The van der Waals surface area contributed by atoms with Crippen molar-refractivity contribution in [3.05, 3.63) is 56.3 Å². The summed E-state index contributed by atoms with van der Waals surface area (Å²) >= 11 is 1.59. The zero-order valence-corrected chi connectivity index (χ0v) is 11.0. The number of hydrogen-bond donors (Lipinski definition) is 1. The van der Waals surface area contributed by atoms with Crippen LogP contribution < -0.4 is 0 Å². The first kappa shape index (κ1) is 13.2. The molecular formula is C13H12N2O3S. The summed E-state index contributed by atoms with van der Waals surface area (Å²) < 4.78 is 0. The van der Waals surface area contributed by atoms with E-state index in [0.717, 1.165) is 4.88 Å². The van der Waals surface area contributed by atoms with Gasteiger partial charge in [0.1, 0.15) is 5.75 Å². The number of phenolic OH excluding ortho intramolecular Hbond substituents is 1. The zero-order chi connectivity index (χ0) is 13.8. The Morgan fingerprint density at radius 3 is 2.89 bits per heavy atom. The maximum absolute atomic E-state index is 10.7. The molecule has 1 heterocycles. The molecule has 0 unspecified atom stereocenters. The molecule has 0 fully saturated rings. The fourth-order valence-electron chi connectivity index (χ4n) is 1.55. The summed E-state index contributed by atoms with van der Waals surface area (Å²) in [4.78, 5) is 15.6. The first-order chi connectivity index (χ1) is 9.08. The standard InChI is InChI=1S/C13H12N2O3S/c1-9(13-3-2-6-19-13)14-8-10-7-11(15(17)18)4-5-12(10)16/h2-9,16H,1H3/t9-/m0/s1. The summed E-state index contributed by atoms with van der Waals surface area (Å²) in [5.41, 5.74) is 0.278.